The third-order valence-corrected chi connectivity index (χ3v) is 3.57. The molecule has 3 aromatic heterocycles. The molecule has 4 aromatic rings. The number of hydrogen-bond acceptors (Lipinski definition) is 4. The fourth-order valence-electron chi connectivity index (χ4n) is 2.45. The summed E-state index contributed by atoms with van der Waals surface area (Å²) in [6.07, 6.45) is 5.28. The Morgan fingerprint density at radius 3 is 2.45 bits per heavy atom. The van der Waals surface area contributed by atoms with Crippen LogP contribution in [0.25, 0.3) is 28.0 Å². The molecule has 0 radical (unpaired) electrons. The molecule has 0 unspecified atom stereocenters. The standard InChI is InChI=1S/C17H13N5/c18-16-8-9-19-17-14(11-21-22(16)17)13-6-7-15(20-10-13)12-4-2-1-3-5-12/h1-11H,18H2. The van der Waals surface area contributed by atoms with Gasteiger partial charge in [-0.05, 0) is 12.1 Å². The van der Waals surface area contributed by atoms with Crippen molar-refractivity contribution < 1.29 is 0 Å². The molecule has 0 saturated heterocycles. The Kier molecular flexibility index (Phi) is 2.83. The van der Waals surface area contributed by atoms with E-state index in [1.165, 1.54) is 0 Å². The third kappa shape index (κ3) is 2.00. The van der Waals surface area contributed by atoms with Crippen molar-refractivity contribution >= 4 is 11.5 Å². The normalized spacial score (nSPS) is 10.9. The van der Waals surface area contributed by atoms with Crippen LogP contribution in [0.2, 0.25) is 0 Å². The second kappa shape index (κ2) is 4.96. The van der Waals surface area contributed by atoms with E-state index in [0.717, 1.165) is 28.0 Å². The molecule has 2 N–H and O–H groups in total. The number of nitrogens with zero attached hydrogens (tertiary/aromatic N) is 4. The number of aromatic nitrogens is 4. The average Bonchev–Trinajstić information content (AvgIpc) is 3.01. The first-order valence-corrected chi connectivity index (χ1v) is 6.93. The quantitative estimate of drug-likeness (QED) is 0.615. The number of nitrogen functional groups attached to an aromatic ring is 1. The van der Waals surface area contributed by atoms with Crippen LogP contribution in [0.15, 0.2) is 67.1 Å². The zero-order valence-electron chi connectivity index (χ0n) is 11.7. The summed E-state index contributed by atoms with van der Waals surface area (Å²) in [7, 11) is 0. The molecule has 0 aliphatic carbocycles. The highest BCUT2D eigenvalue weighted by atomic mass is 15.3. The topological polar surface area (TPSA) is 69.1 Å². The zero-order valence-corrected chi connectivity index (χ0v) is 11.7. The molecule has 4 rings (SSSR count). The summed E-state index contributed by atoms with van der Waals surface area (Å²) < 4.78 is 1.63. The van der Waals surface area contributed by atoms with Gasteiger partial charge in [-0.25, -0.2) is 4.98 Å². The van der Waals surface area contributed by atoms with Crippen molar-refractivity contribution in [3.8, 4) is 22.4 Å². The number of rotatable bonds is 2. The molecule has 0 amide bonds. The molecule has 0 saturated carbocycles. The fraction of sp³-hybridized carbons (Fsp3) is 0. The van der Waals surface area contributed by atoms with E-state index in [1.54, 1.807) is 23.0 Å². The first-order valence-electron chi connectivity index (χ1n) is 6.93. The Balaban J connectivity index is 1.78. The minimum absolute atomic E-state index is 0.560. The molecular formula is C17H13N5. The number of fused-ring (bicyclic) bond motifs is 1. The number of anilines is 1. The number of pyridine rings is 1. The van der Waals surface area contributed by atoms with Gasteiger partial charge in [-0.15, -0.1) is 0 Å². The van der Waals surface area contributed by atoms with Gasteiger partial charge < -0.3 is 5.73 Å². The van der Waals surface area contributed by atoms with Crippen molar-refractivity contribution in [1.29, 1.82) is 0 Å². The summed E-state index contributed by atoms with van der Waals surface area (Å²) in [5.41, 5.74) is 10.5. The van der Waals surface area contributed by atoms with Gasteiger partial charge >= 0.3 is 0 Å². The predicted octanol–water partition coefficient (Wildman–Crippen LogP) is 3.04. The van der Waals surface area contributed by atoms with E-state index in [4.69, 9.17) is 5.73 Å². The maximum Gasteiger partial charge on any atom is 0.165 e. The van der Waals surface area contributed by atoms with Crippen LogP contribution < -0.4 is 5.73 Å². The van der Waals surface area contributed by atoms with Crippen LogP contribution in [0.1, 0.15) is 0 Å². The van der Waals surface area contributed by atoms with Crippen molar-refractivity contribution in [2.75, 3.05) is 5.73 Å². The monoisotopic (exact) mass is 287 g/mol. The number of nitrogens with two attached hydrogens (primary N) is 1. The summed E-state index contributed by atoms with van der Waals surface area (Å²) in [6.45, 7) is 0. The highest BCUT2D eigenvalue weighted by Crippen LogP contribution is 2.25. The number of hydrogen-bond donors (Lipinski definition) is 1. The molecule has 22 heavy (non-hydrogen) atoms. The van der Waals surface area contributed by atoms with E-state index < -0.39 is 0 Å². The van der Waals surface area contributed by atoms with E-state index in [-0.39, 0.29) is 0 Å². The first kappa shape index (κ1) is 12.5. The smallest absolute Gasteiger partial charge is 0.165 e. The summed E-state index contributed by atoms with van der Waals surface area (Å²) in [4.78, 5) is 8.89. The van der Waals surface area contributed by atoms with Gasteiger partial charge in [0.2, 0.25) is 0 Å². The van der Waals surface area contributed by atoms with E-state index >= 15 is 0 Å². The van der Waals surface area contributed by atoms with Crippen LogP contribution in [0.5, 0.6) is 0 Å². The second-order valence-corrected chi connectivity index (χ2v) is 4.96. The van der Waals surface area contributed by atoms with E-state index in [0.29, 0.717) is 5.82 Å². The van der Waals surface area contributed by atoms with E-state index in [2.05, 4.69) is 15.1 Å². The van der Waals surface area contributed by atoms with Gasteiger partial charge in [0, 0.05) is 29.1 Å². The average molecular weight is 287 g/mol. The van der Waals surface area contributed by atoms with Crippen LogP contribution in [0.3, 0.4) is 0 Å². The maximum atomic E-state index is 5.89. The SMILES string of the molecule is Nc1ccnc2c(-c3ccc(-c4ccccc4)nc3)cnn12. The molecule has 1 aromatic carbocycles. The van der Waals surface area contributed by atoms with Crippen LogP contribution in [-0.4, -0.2) is 19.6 Å². The van der Waals surface area contributed by atoms with Gasteiger partial charge in [-0.1, -0.05) is 36.4 Å². The van der Waals surface area contributed by atoms with Gasteiger partial charge in [0.25, 0.3) is 0 Å². The Morgan fingerprint density at radius 2 is 1.68 bits per heavy atom. The van der Waals surface area contributed by atoms with Crippen molar-refractivity contribution in [2.45, 2.75) is 0 Å². The Bertz CT molecular complexity index is 926. The molecule has 3 heterocycles. The lowest BCUT2D eigenvalue weighted by Crippen LogP contribution is -1.98. The molecular weight excluding hydrogens is 274 g/mol. The molecule has 5 heteroatoms. The molecule has 0 atom stereocenters. The molecule has 0 bridgehead atoms. The molecule has 0 aliphatic heterocycles. The van der Waals surface area contributed by atoms with Crippen molar-refractivity contribution in [2.24, 2.45) is 0 Å². The maximum absolute atomic E-state index is 5.89. The highest BCUT2D eigenvalue weighted by molar-refractivity contribution is 5.78. The summed E-state index contributed by atoms with van der Waals surface area (Å²) in [6, 6.07) is 15.8. The Labute approximate surface area is 127 Å². The van der Waals surface area contributed by atoms with Gasteiger partial charge in [-0.2, -0.15) is 9.61 Å². The molecule has 0 spiro atoms. The minimum Gasteiger partial charge on any atom is -0.384 e. The predicted molar refractivity (Wildman–Crippen MR) is 86.1 cm³/mol. The zero-order chi connectivity index (χ0) is 14.9. The first-order chi connectivity index (χ1) is 10.8. The van der Waals surface area contributed by atoms with Crippen LogP contribution in [-0.2, 0) is 0 Å². The van der Waals surface area contributed by atoms with Crippen LogP contribution in [0, 0.1) is 0 Å². The highest BCUT2D eigenvalue weighted by Gasteiger charge is 2.10. The molecule has 0 aliphatic rings. The summed E-state index contributed by atoms with van der Waals surface area (Å²) in [5, 5.41) is 4.28. The lowest BCUT2D eigenvalue weighted by atomic mass is 10.1. The lowest BCUT2D eigenvalue weighted by molar-refractivity contribution is 0.952. The van der Waals surface area contributed by atoms with E-state index in [1.807, 2.05) is 48.7 Å². The fourth-order valence-corrected chi connectivity index (χ4v) is 2.45. The Morgan fingerprint density at radius 1 is 0.818 bits per heavy atom. The van der Waals surface area contributed by atoms with Crippen LogP contribution in [0.4, 0.5) is 5.82 Å². The van der Waals surface area contributed by atoms with Crippen LogP contribution >= 0.6 is 0 Å². The van der Waals surface area contributed by atoms with E-state index in [9.17, 15) is 0 Å². The second-order valence-electron chi connectivity index (χ2n) is 4.96. The third-order valence-electron chi connectivity index (χ3n) is 3.57. The van der Waals surface area contributed by atoms with Crippen molar-refractivity contribution in [1.82, 2.24) is 19.6 Å². The summed E-state index contributed by atoms with van der Waals surface area (Å²) >= 11 is 0. The molecule has 0 fully saturated rings. The number of benzene rings is 1. The van der Waals surface area contributed by atoms with Crippen molar-refractivity contribution in [3.05, 3.63) is 67.1 Å². The van der Waals surface area contributed by atoms with Gasteiger partial charge in [0.1, 0.15) is 5.82 Å². The van der Waals surface area contributed by atoms with Crippen molar-refractivity contribution in [3.63, 3.8) is 0 Å². The molecule has 5 nitrogen and oxygen atoms in total. The van der Waals surface area contributed by atoms with Gasteiger partial charge in [0.05, 0.1) is 11.9 Å². The van der Waals surface area contributed by atoms with Gasteiger partial charge in [0.15, 0.2) is 5.65 Å². The summed E-state index contributed by atoms with van der Waals surface area (Å²) in [5.74, 6) is 0.560. The van der Waals surface area contributed by atoms with Gasteiger partial charge in [-0.3, -0.25) is 4.98 Å². The Hall–Kier alpha value is -3.21. The largest absolute Gasteiger partial charge is 0.384 e. The molecule has 106 valence electrons. The lowest BCUT2D eigenvalue weighted by Gasteiger charge is -2.03. The minimum atomic E-state index is 0.560.